The predicted octanol–water partition coefficient (Wildman–Crippen LogP) is -0.261. The Morgan fingerprint density at radius 2 is 2.30 bits per heavy atom. The number of nitrogens with zero attached hydrogens (tertiary/aromatic N) is 2. The lowest BCUT2D eigenvalue weighted by Gasteiger charge is -2.34. The van der Waals surface area contributed by atoms with Crippen LogP contribution in [0.5, 0.6) is 0 Å². The Labute approximate surface area is 113 Å². The Kier molecular flexibility index (Phi) is 5.54. The van der Waals surface area contributed by atoms with E-state index in [1.54, 1.807) is 0 Å². The van der Waals surface area contributed by atoms with Crippen molar-refractivity contribution in [3.8, 4) is 0 Å². The number of rotatable bonds is 7. The first kappa shape index (κ1) is 16.5. The van der Waals surface area contributed by atoms with Crippen molar-refractivity contribution >= 4 is 5.82 Å². The summed E-state index contributed by atoms with van der Waals surface area (Å²) in [7, 11) is 0. The average Bonchev–Trinajstić information content (AvgIpc) is 2.41. The van der Waals surface area contributed by atoms with Gasteiger partial charge in [0.2, 0.25) is 6.36 Å². The molecular weight excluding hydrogens is 276 g/mol. The summed E-state index contributed by atoms with van der Waals surface area (Å²) in [5.74, 6) is -0.0571. The molecule has 1 heterocycles. The van der Waals surface area contributed by atoms with E-state index >= 15 is 0 Å². The van der Waals surface area contributed by atoms with E-state index in [4.69, 9.17) is 15.6 Å². The Morgan fingerprint density at radius 1 is 1.65 bits per heavy atom. The van der Waals surface area contributed by atoms with Crippen LogP contribution in [0, 0.1) is 0 Å². The van der Waals surface area contributed by atoms with Gasteiger partial charge in [0, 0.05) is 6.20 Å². The van der Waals surface area contributed by atoms with Crippen molar-refractivity contribution in [1.82, 2.24) is 9.55 Å². The fourth-order valence-corrected chi connectivity index (χ4v) is 1.61. The van der Waals surface area contributed by atoms with Gasteiger partial charge in [-0.05, 0) is 12.5 Å². The number of hydrogen-bond acceptors (Lipinski definition) is 6. The number of anilines is 1. The summed E-state index contributed by atoms with van der Waals surface area (Å²) < 4.78 is 32.1. The molecule has 20 heavy (non-hydrogen) atoms. The standard InChI is InChI=1S/C11H17F2N3O4/c1-2-11(6-17,9(13)18)20-8(5-12)16-4-3-7(14)15-10(16)19/h3-4,8-9,17-18H,2,5-6H2,1H3,(H2,14,15,19)/t8-,9-,11-/m1/s1. The van der Waals surface area contributed by atoms with Gasteiger partial charge in [0.25, 0.3) is 0 Å². The van der Waals surface area contributed by atoms with Gasteiger partial charge in [-0.15, -0.1) is 0 Å². The highest BCUT2D eigenvalue weighted by atomic mass is 19.1. The van der Waals surface area contributed by atoms with E-state index in [9.17, 15) is 18.7 Å². The summed E-state index contributed by atoms with van der Waals surface area (Å²) in [4.78, 5) is 15.0. The molecule has 0 aliphatic rings. The molecule has 1 aromatic heterocycles. The van der Waals surface area contributed by atoms with Crippen LogP contribution in [-0.4, -0.2) is 45.0 Å². The fraction of sp³-hybridized carbons (Fsp3) is 0.636. The molecule has 0 saturated heterocycles. The number of nitrogens with two attached hydrogens (primary N) is 1. The lowest BCUT2D eigenvalue weighted by atomic mass is 10.0. The maximum Gasteiger partial charge on any atom is 0.351 e. The van der Waals surface area contributed by atoms with E-state index < -0.39 is 37.2 Å². The lowest BCUT2D eigenvalue weighted by Crippen LogP contribution is -2.48. The second kappa shape index (κ2) is 6.73. The van der Waals surface area contributed by atoms with Gasteiger partial charge in [0.1, 0.15) is 18.1 Å². The van der Waals surface area contributed by atoms with E-state index in [0.29, 0.717) is 0 Å². The van der Waals surface area contributed by atoms with E-state index in [1.807, 2.05) is 0 Å². The SMILES string of the molecule is CC[C@](CO)(O[C@H](CF)n1ccc(N)nc1=O)[C@@H](O)F. The summed E-state index contributed by atoms with van der Waals surface area (Å²) in [5.41, 5.74) is 2.40. The second-order valence-corrected chi connectivity index (χ2v) is 4.18. The summed E-state index contributed by atoms with van der Waals surface area (Å²) in [6.45, 7) is -0.618. The average molecular weight is 293 g/mol. The zero-order valence-corrected chi connectivity index (χ0v) is 10.9. The van der Waals surface area contributed by atoms with Crippen molar-refractivity contribution in [1.29, 1.82) is 0 Å². The van der Waals surface area contributed by atoms with Crippen LogP contribution >= 0.6 is 0 Å². The van der Waals surface area contributed by atoms with Crippen molar-refractivity contribution in [2.75, 3.05) is 19.0 Å². The van der Waals surface area contributed by atoms with E-state index in [0.717, 1.165) is 10.8 Å². The maximum atomic E-state index is 13.2. The summed E-state index contributed by atoms with van der Waals surface area (Å²) in [6.07, 6.45) is -3.07. The van der Waals surface area contributed by atoms with Gasteiger partial charge in [0.05, 0.1) is 6.61 Å². The van der Waals surface area contributed by atoms with Crippen molar-refractivity contribution in [3.05, 3.63) is 22.7 Å². The van der Waals surface area contributed by atoms with Crippen LogP contribution in [0.25, 0.3) is 0 Å². The van der Waals surface area contributed by atoms with E-state index in [2.05, 4.69) is 4.98 Å². The predicted molar refractivity (Wildman–Crippen MR) is 66.2 cm³/mol. The van der Waals surface area contributed by atoms with Crippen molar-refractivity contribution in [2.24, 2.45) is 0 Å². The number of halogens is 2. The highest BCUT2D eigenvalue weighted by molar-refractivity contribution is 5.23. The zero-order chi connectivity index (χ0) is 15.3. The Morgan fingerprint density at radius 3 is 2.70 bits per heavy atom. The topological polar surface area (TPSA) is 111 Å². The molecule has 0 bridgehead atoms. The first-order chi connectivity index (χ1) is 9.40. The van der Waals surface area contributed by atoms with Crippen LogP contribution < -0.4 is 11.4 Å². The molecule has 114 valence electrons. The molecule has 4 N–H and O–H groups in total. The number of aliphatic hydroxyl groups excluding tert-OH is 2. The zero-order valence-electron chi connectivity index (χ0n) is 10.9. The van der Waals surface area contributed by atoms with Crippen molar-refractivity contribution in [3.63, 3.8) is 0 Å². The van der Waals surface area contributed by atoms with Crippen LogP contribution in [0.1, 0.15) is 19.6 Å². The monoisotopic (exact) mass is 293 g/mol. The lowest BCUT2D eigenvalue weighted by molar-refractivity contribution is -0.234. The Balaban J connectivity index is 3.10. The van der Waals surface area contributed by atoms with Gasteiger partial charge in [0.15, 0.2) is 6.23 Å². The Bertz CT molecular complexity index is 491. The summed E-state index contributed by atoms with van der Waals surface area (Å²) in [5, 5.41) is 18.3. The highest BCUT2D eigenvalue weighted by Gasteiger charge is 2.40. The van der Waals surface area contributed by atoms with Gasteiger partial charge in [-0.3, -0.25) is 4.57 Å². The molecule has 0 amide bonds. The van der Waals surface area contributed by atoms with E-state index in [-0.39, 0.29) is 12.2 Å². The molecule has 7 nitrogen and oxygen atoms in total. The molecule has 1 rings (SSSR count). The van der Waals surface area contributed by atoms with Crippen LogP contribution in [0.3, 0.4) is 0 Å². The van der Waals surface area contributed by atoms with Gasteiger partial charge < -0.3 is 20.7 Å². The minimum absolute atomic E-state index is 0.0571. The number of ether oxygens (including phenoxy) is 1. The summed E-state index contributed by atoms with van der Waals surface area (Å²) in [6, 6.07) is 1.24. The molecule has 0 aromatic carbocycles. The third kappa shape index (κ3) is 3.30. The van der Waals surface area contributed by atoms with Crippen LogP contribution in [0.15, 0.2) is 17.1 Å². The molecule has 0 saturated carbocycles. The number of nitrogen functional groups attached to an aromatic ring is 1. The summed E-state index contributed by atoms with van der Waals surface area (Å²) >= 11 is 0. The van der Waals surface area contributed by atoms with E-state index in [1.165, 1.54) is 13.0 Å². The molecule has 0 radical (unpaired) electrons. The second-order valence-electron chi connectivity index (χ2n) is 4.18. The molecule has 3 atom stereocenters. The highest BCUT2D eigenvalue weighted by Crippen LogP contribution is 2.27. The van der Waals surface area contributed by atoms with Crippen molar-refractivity contribution < 1.29 is 23.7 Å². The van der Waals surface area contributed by atoms with Crippen LogP contribution in [0.2, 0.25) is 0 Å². The molecule has 0 fully saturated rings. The largest absolute Gasteiger partial charge is 0.393 e. The third-order valence-corrected chi connectivity index (χ3v) is 2.96. The molecule has 0 aliphatic carbocycles. The van der Waals surface area contributed by atoms with Gasteiger partial charge in [-0.1, -0.05) is 6.92 Å². The molecule has 0 aliphatic heterocycles. The minimum Gasteiger partial charge on any atom is -0.393 e. The fourth-order valence-electron chi connectivity index (χ4n) is 1.61. The Hall–Kier alpha value is -1.58. The van der Waals surface area contributed by atoms with Crippen LogP contribution in [0.4, 0.5) is 14.6 Å². The maximum absolute atomic E-state index is 13.2. The smallest absolute Gasteiger partial charge is 0.351 e. The minimum atomic E-state index is -2.54. The van der Waals surface area contributed by atoms with Crippen molar-refractivity contribution in [2.45, 2.75) is 31.5 Å². The van der Waals surface area contributed by atoms with Crippen LogP contribution in [-0.2, 0) is 4.74 Å². The third-order valence-electron chi connectivity index (χ3n) is 2.96. The van der Waals surface area contributed by atoms with Gasteiger partial charge >= 0.3 is 5.69 Å². The number of aliphatic hydroxyl groups is 2. The number of alkyl halides is 2. The molecule has 1 aromatic rings. The molecule has 0 unspecified atom stereocenters. The quantitative estimate of drug-likeness (QED) is 0.639. The molecule has 0 spiro atoms. The normalized spacial score (nSPS) is 17.4. The van der Waals surface area contributed by atoms with Gasteiger partial charge in [-0.2, -0.15) is 4.98 Å². The molecular formula is C11H17F2N3O4. The van der Waals surface area contributed by atoms with Gasteiger partial charge in [-0.25, -0.2) is 13.6 Å². The molecule has 9 heteroatoms. The first-order valence-corrected chi connectivity index (χ1v) is 5.91. The first-order valence-electron chi connectivity index (χ1n) is 5.91. The number of aromatic nitrogens is 2. The number of hydrogen-bond donors (Lipinski definition) is 3.